The van der Waals surface area contributed by atoms with Crippen LogP contribution in [0.2, 0.25) is 0 Å². The monoisotopic (exact) mass is 436 g/mol. The second kappa shape index (κ2) is 10.1. The number of primary sulfonamides is 1. The number of amides is 1. The summed E-state index contributed by atoms with van der Waals surface area (Å²) in [5.41, 5.74) is 0.530. The first-order valence-electron chi connectivity index (χ1n) is 9.11. The van der Waals surface area contributed by atoms with E-state index in [2.05, 4.69) is 5.32 Å². The summed E-state index contributed by atoms with van der Waals surface area (Å²) in [5, 5.41) is 7.57. The van der Waals surface area contributed by atoms with Crippen LogP contribution in [-0.2, 0) is 19.6 Å². The number of ether oxygens (including phenoxy) is 3. The lowest BCUT2D eigenvalue weighted by Crippen LogP contribution is -2.30. The largest absolute Gasteiger partial charge is 0.493 e. The van der Waals surface area contributed by atoms with Gasteiger partial charge in [-0.1, -0.05) is 6.92 Å². The smallest absolute Gasteiger partial charge is 0.339 e. The lowest BCUT2D eigenvalue weighted by atomic mass is 10.2. The highest BCUT2D eigenvalue weighted by Crippen LogP contribution is 2.28. The number of benzene rings is 2. The van der Waals surface area contributed by atoms with Gasteiger partial charge in [-0.05, 0) is 55.8 Å². The molecule has 0 aliphatic carbocycles. The third-order valence-corrected chi connectivity index (χ3v) is 4.89. The molecule has 1 atom stereocenters. The van der Waals surface area contributed by atoms with E-state index in [4.69, 9.17) is 19.3 Å². The molecule has 30 heavy (non-hydrogen) atoms. The van der Waals surface area contributed by atoms with Crippen LogP contribution in [0.5, 0.6) is 11.5 Å². The first kappa shape index (κ1) is 23.2. The molecule has 0 spiro atoms. The number of carbonyl (C=O) groups excluding carboxylic acids is 2. The molecule has 0 aromatic heterocycles. The van der Waals surface area contributed by atoms with Crippen LogP contribution in [0.15, 0.2) is 47.4 Å². The molecule has 1 unspecified atom stereocenters. The molecule has 0 aliphatic heterocycles. The highest BCUT2D eigenvalue weighted by molar-refractivity contribution is 7.89. The molecular weight excluding hydrogens is 412 g/mol. The zero-order valence-corrected chi connectivity index (χ0v) is 17.7. The van der Waals surface area contributed by atoms with E-state index in [0.717, 1.165) is 6.42 Å². The van der Waals surface area contributed by atoms with Gasteiger partial charge in [0.25, 0.3) is 5.91 Å². The van der Waals surface area contributed by atoms with E-state index in [1.165, 1.54) is 50.4 Å². The number of anilines is 1. The van der Waals surface area contributed by atoms with Gasteiger partial charge in [-0.25, -0.2) is 18.4 Å². The first-order chi connectivity index (χ1) is 14.2. The molecule has 0 saturated heterocycles. The SMILES string of the molecule is CCCOc1ccc(C(=O)OC(C)C(=O)Nc2ccc(S(N)(=O)=O)cc2)cc1OC. The van der Waals surface area contributed by atoms with E-state index in [0.29, 0.717) is 23.8 Å². The van der Waals surface area contributed by atoms with Crippen LogP contribution in [0.1, 0.15) is 30.6 Å². The molecule has 0 heterocycles. The van der Waals surface area contributed by atoms with Gasteiger partial charge in [-0.2, -0.15) is 0 Å². The molecule has 0 fully saturated rings. The second-order valence-corrected chi connectivity index (χ2v) is 7.88. The van der Waals surface area contributed by atoms with E-state index >= 15 is 0 Å². The quantitative estimate of drug-likeness (QED) is 0.576. The third kappa shape index (κ3) is 6.19. The van der Waals surface area contributed by atoms with E-state index < -0.39 is 28.0 Å². The first-order valence-corrected chi connectivity index (χ1v) is 10.7. The summed E-state index contributed by atoms with van der Waals surface area (Å²) in [6.45, 7) is 3.90. The Bertz CT molecular complexity index is 1000. The van der Waals surface area contributed by atoms with Crippen molar-refractivity contribution < 1.29 is 32.2 Å². The van der Waals surface area contributed by atoms with Crippen molar-refractivity contribution in [3.63, 3.8) is 0 Å². The minimum Gasteiger partial charge on any atom is -0.493 e. The topological polar surface area (TPSA) is 134 Å². The Kier molecular flexibility index (Phi) is 7.79. The van der Waals surface area contributed by atoms with Gasteiger partial charge in [0.15, 0.2) is 17.6 Å². The minimum absolute atomic E-state index is 0.0831. The highest BCUT2D eigenvalue weighted by atomic mass is 32.2. The molecule has 0 radical (unpaired) electrons. The number of esters is 1. The number of hydrogen-bond donors (Lipinski definition) is 2. The minimum atomic E-state index is -3.83. The second-order valence-electron chi connectivity index (χ2n) is 6.32. The number of hydrogen-bond acceptors (Lipinski definition) is 7. The van der Waals surface area contributed by atoms with Crippen LogP contribution in [0.4, 0.5) is 5.69 Å². The summed E-state index contributed by atoms with van der Waals surface area (Å²) in [7, 11) is -2.37. The van der Waals surface area contributed by atoms with Crippen LogP contribution in [0, 0.1) is 0 Å². The molecule has 1 amide bonds. The summed E-state index contributed by atoms with van der Waals surface area (Å²) < 4.78 is 38.5. The number of rotatable bonds is 9. The summed E-state index contributed by atoms with van der Waals surface area (Å²) in [4.78, 5) is 24.6. The maximum Gasteiger partial charge on any atom is 0.339 e. The average Bonchev–Trinajstić information content (AvgIpc) is 2.71. The van der Waals surface area contributed by atoms with Gasteiger partial charge in [0, 0.05) is 5.69 Å². The summed E-state index contributed by atoms with van der Waals surface area (Å²) in [6, 6.07) is 9.88. The maximum atomic E-state index is 12.4. The van der Waals surface area contributed by atoms with E-state index in [-0.39, 0.29) is 10.5 Å². The van der Waals surface area contributed by atoms with Crippen molar-refractivity contribution in [1.82, 2.24) is 0 Å². The molecular formula is C20H24N2O7S. The highest BCUT2D eigenvalue weighted by Gasteiger charge is 2.20. The van der Waals surface area contributed by atoms with Gasteiger partial charge in [0.2, 0.25) is 10.0 Å². The molecule has 0 saturated carbocycles. The summed E-state index contributed by atoms with van der Waals surface area (Å²) >= 11 is 0. The zero-order valence-electron chi connectivity index (χ0n) is 16.9. The molecule has 2 rings (SSSR count). The van der Waals surface area contributed by atoms with Crippen LogP contribution in [0.3, 0.4) is 0 Å². The normalized spacial score (nSPS) is 12.0. The number of nitrogens with two attached hydrogens (primary N) is 1. The van der Waals surface area contributed by atoms with Crippen molar-refractivity contribution in [2.45, 2.75) is 31.3 Å². The molecule has 0 bridgehead atoms. The average molecular weight is 436 g/mol. The standard InChI is InChI=1S/C20H24N2O7S/c1-4-11-28-17-10-5-14(12-18(17)27-3)20(24)29-13(2)19(23)22-15-6-8-16(9-7-15)30(21,25)26/h5-10,12-13H,4,11H2,1-3H3,(H,22,23)(H2,21,25,26). The van der Waals surface area contributed by atoms with Gasteiger partial charge in [0.1, 0.15) is 0 Å². The van der Waals surface area contributed by atoms with Gasteiger partial charge in [-0.3, -0.25) is 4.79 Å². The Morgan fingerprint density at radius 3 is 2.33 bits per heavy atom. The van der Waals surface area contributed by atoms with Gasteiger partial charge < -0.3 is 19.5 Å². The van der Waals surface area contributed by atoms with Crippen molar-refractivity contribution in [3.8, 4) is 11.5 Å². The molecule has 9 nitrogen and oxygen atoms in total. The Morgan fingerprint density at radius 2 is 1.77 bits per heavy atom. The fraction of sp³-hybridized carbons (Fsp3) is 0.300. The van der Waals surface area contributed by atoms with E-state index in [1.54, 1.807) is 6.07 Å². The van der Waals surface area contributed by atoms with Crippen LogP contribution in [-0.4, -0.2) is 40.1 Å². The Labute approximate surface area is 175 Å². The van der Waals surface area contributed by atoms with Crippen molar-refractivity contribution in [2.75, 3.05) is 19.0 Å². The molecule has 3 N–H and O–H groups in total. The maximum absolute atomic E-state index is 12.4. The lowest BCUT2D eigenvalue weighted by Gasteiger charge is -2.15. The molecule has 162 valence electrons. The number of carbonyl (C=O) groups is 2. The van der Waals surface area contributed by atoms with Gasteiger partial charge >= 0.3 is 5.97 Å². The number of sulfonamides is 1. The Balaban J connectivity index is 2.01. The molecule has 10 heteroatoms. The lowest BCUT2D eigenvalue weighted by molar-refractivity contribution is -0.123. The van der Waals surface area contributed by atoms with Crippen LogP contribution >= 0.6 is 0 Å². The summed E-state index contributed by atoms with van der Waals surface area (Å²) in [5.74, 6) is -0.404. The van der Waals surface area contributed by atoms with Gasteiger partial charge in [0.05, 0.1) is 24.2 Å². The Morgan fingerprint density at radius 1 is 1.10 bits per heavy atom. The molecule has 0 aliphatic rings. The zero-order chi connectivity index (χ0) is 22.3. The van der Waals surface area contributed by atoms with Crippen LogP contribution in [0.25, 0.3) is 0 Å². The van der Waals surface area contributed by atoms with E-state index in [1.807, 2.05) is 6.92 Å². The van der Waals surface area contributed by atoms with Crippen LogP contribution < -0.4 is 19.9 Å². The third-order valence-electron chi connectivity index (χ3n) is 3.96. The molecule has 2 aromatic rings. The van der Waals surface area contributed by atoms with Gasteiger partial charge in [-0.15, -0.1) is 0 Å². The number of nitrogens with one attached hydrogen (secondary N) is 1. The van der Waals surface area contributed by atoms with Crippen molar-refractivity contribution >= 4 is 27.6 Å². The fourth-order valence-electron chi connectivity index (χ4n) is 2.38. The fourth-order valence-corrected chi connectivity index (χ4v) is 2.90. The predicted octanol–water partition coefficient (Wildman–Crippen LogP) is 2.32. The van der Waals surface area contributed by atoms with Crippen molar-refractivity contribution in [2.24, 2.45) is 5.14 Å². The van der Waals surface area contributed by atoms with E-state index in [9.17, 15) is 18.0 Å². The Hall–Kier alpha value is -3.11. The number of methoxy groups -OCH3 is 1. The predicted molar refractivity (Wildman–Crippen MR) is 110 cm³/mol. The summed E-state index contributed by atoms with van der Waals surface area (Å²) in [6.07, 6.45) is -0.276. The van der Waals surface area contributed by atoms with Crippen molar-refractivity contribution in [3.05, 3.63) is 48.0 Å². The molecule has 2 aromatic carbocycles. The van der Waals surface area contributed by atoms with Crippen molar-refractivity contribution in [1.29, 1.82) is 0 Å².